The minimum Gasteiger partial charge on any atom is -0.733 e. The summed E-state index contributed by atoms with van der Waals surface area (Å²) in [5.74, 6) is -0.553. The van der Waals surface area contributed by atoms with Crippen LogP contribution in [-0.4, -0.2) is 11.2 Å². The topological polar surface area (TPSA) is 103 Å². The van der Waals surface area contributed by atoms with Crippen molar-refractivity contribution in [1.29, 1.82) is 0 Å². The lowest BCUT2D eigenvalue weighted by molar-refractivity contribution is 0.0735. The van der Waals surface area contributed by atoms with Gasteiger partial charge in [0.05, 0.1) is 22.2 Å². The summed E-state index contributed by atoms with van der Waals surface area (Å²) in [6.07, 6.45) is 1.37. The van der Waals surface area contributed by atoms with Crippen LogP contribution in [0.4, 0.5) is 5.69 Å². The van der Waals surface area contributed by atoms with Crippen molar-refractivity contribution in [3.05, 3.63) is 100 Å². The van der Waals surface area contributed by atoms with E-state index in [0.29, 0.717) is 10.9 Å². The lowest BCUT2D eigenvalue weighted by Gasteiger charge is -2.21. The van der Waals surface area contributed by atoms with Crippen LogP contribution in [0.3, 0.4) is 0 Å². The quantitative estimate of drug-likeness (QED) is 0.314. The van der Waals surface area contributed by atoms with Gasteiger partial charge in [0.15, 0.2) is 5.43 Å². The Kier molecular flexibility index (Phi) is 4.82. The van der Waals surface area contributed by atoms with Gasteiger partial charge in [-0.3, -0.25) is 10.0 Å². The van der Waals surface area contributed by atoms with E-state index < -0.39 is 5.97 Å². The molecule has 0 amide bonds. The second-order valence-corrected chi connectivity index (χ2v) is 6.22. The van der Waals surface area contributed by atoms with Crippen LogP contribution < -0.4 is 15.4 Å². The van der Waals surface area contributed by atoms with Gasteiger partial charge >= 0.3 is 5.97 Å². The Bertz CT molecular complexity index is 1250. The molecule has 29 heavy (non-hydrogen) atoms. The molecule has 1 heterocycles. The molecule has 0 aliphatic rings. The standard InChI is InChI=1S/C22H14NO6/c24-21-18-10-9-17(29-22(25)15-7-4-8-16(11-15)23(26)27)12-20(18)28-13-19(21)14-5-2-1-3-6-14/h1-13,26H/q-1. The van der Waals surface area contributed by atoms with E-state index in [9.17, 15) is 14.8 Å². The molecule has 144 valence electrons. The smallest absolute Gasteiger partial charge is 0.343 e. The summed E-state index contributed by atoms with van der Waals surface area (Å²) < 4.78 is 10.9. The SMILES string of the molecule is O=C(Oc1ccc2c(=O)c(-c3ccccc3)coc2c1)c1cccc(N([O-])O)c1. The second kappa shape index (κ2) is 7.59. The van der Waals surface area contributed by atoms with Crippen LogP contribution >= 0.6 is 0 Å². The van der Waals surface area contributed by atoms with E-state index >= 15 is 0 Å². The molecule has 1 N–H and O–H groups in total. The normalized spacial score (nSPS) is 10.7. The fraction of sp³-hybridized carbons (Fsp3) is 0. The first-order valence-corrected chi connectivity index (χ1v) is 8.62. The van der Waals surface area contributed by atoms with E-state index in [0.717, 1.165) is 5.56 Å². The summed E-state index contributed by atoms with van der Waals surface area (Å²) in [4.78, 5) is 25.1. The molecule has 7 heteroatoms. The molecule has 0 bridgehead atoms. The maximum atomic E-state index is 12.8. The van der Waals surface area contributed by atoms with Gasteiger partial charge in [-0.2, -0.15) is 0 Å². The van der Waals surface area contributed by atoms with Crippen molar-refractivity contribution in [2.75, 3.05) is 5.23 Å². The van der Waals surface area contributed by atoms with Crippen LogP contribution in [0.5, 0.6) is 5.75 Å². The molecule has 0 saturated carbocycles. The number of hydrogen-bond donors (Lipinski definition) is 1. The molecule has 0 saturated heterocycles. The largest absolute Gasteiger partial charge is 0.733 e. The van der Waals surface area contributed by atoms with Crippen molar-refractivity contribution < 1.29 is 19.2 Å². The maximum Gasteiger partial charge on any atom is 0.343 e. The molecular formula is C22H14NO6-. The predicted molar refractivity (Wildman–Crippen MR) is 107 cm³/mol. The highest BCUT2D eigenvalue weighted by molar-refractivity contribution is 5.92. The zero-order chi connectivity index (χ0) is 20.4. The zero-order valence-corrected chi connectivity index (χ0v) is 14.9. The number of hydrogen-bond acceptors (Lipinski definition) is 7. The monoisotopic (exact) mass is 388 g/mol. The van der Waals surface area contributed by atoms with E-state index in [-0.39, 0.29) is 33.2 Å². The van der Waals surface area contributed by atoms with Crippen LogP contribution in [-0.2, 0) is 0 Å². The first-order valence-electron chi connectivity index (χ1n) is 8.62. The highest BCUT2D eigenvalue weighted by Gasteiger charge is 2.13. The third-order valence-corrected chi connectivity index (χ3v) is 4.34. The summed E-state index contributed by atoms with van der Waals surface area (Å²) in [6, 6.07) is 19.0. The number of fused-ring (bicyclic) bond motifs is 1. The molecule has 7 nitrogen and oxygen atoms in total. The minimum absolute atomic E-state index is 0.0818. The number of carbonyl (C=O) groups is 1. The van der Waals surface area contributed by atoms with Gasteiger partial charge in [-0.25, -0.2) is 4.79 Å². The summed E-state index contributed by atoms with van der Waals surface area (Å²) >= 11 is 0. The van der Waals surface area contributed by atoms with Gasteiger partial charge < -0.3 is 19.6 Å². The molecule has 4 aromatic rings. The molecule has 0 atom stereocenters. The summed E-state index contributed by atoms with van der Waals surface area (Å²) in [5.41, 5.74) is 1.24. The maximum absolute atomic E-state index is 12.8. The number of nitrogens with zero attached hydrogens (tertiary/aromatic N) is 1. The number of benzene rings is 3. The first-order chi connectivity index (χ1) is 14.0. The summed E-state index contributed by atoms with van der Waals surface area (Å²) in [6.45, 7) is 0. The van der Waals surface area contributed by atoms with Crippen molar-refractivity contribution in [1.82, 2.24) is 0 Å². The number of anilines is 1. The lowest BCUT2D eigenvalue weighted by Crippen LogP contribution is -2.12. The zero-order valence-electron chi connectivity index (χ0n) is 14.9. The Morgan fingerprint density at radius 2 is 1.79 bits per heavy atom. The van der Waals surface area contributed by atoms with Crippen LogP contribution in [0.15, 0.2) is 88.3 Å². The number of carbonyl (C=O) groups excluding carboxylic acids is 1. The molecular weight excluding hydrogens is 374 g/mol. The van der Waals surface area contributed by atoms with Crippen LogP contribution in [0, 0.1) is 5.21 Å². The lowest BCUT2D eigenvalue weighted by atomic mass is 10.1. The van der Waals surface area contributed by atoms with Gasteiger partial charge in [-0.05, 0) is 35.9 Å². The van der Waals surface area contributed by atoms with Crippen LogP contribution in [0.25, 0.3) is 22.1 Å². The predicted octanol–water partition coefficient (Wildman–Crippen LogP) is 4.37. The van der Waals surface area contributed by atoms with Gasteiger partial charge in [-0.1, -0.05) is 36.4 Å². The average molecular weight is 388 g/mol. The van der Waals surface area contributed by atoms with Gasteiger partial charge in [-0.15, -0.1) is 0 Å². The summed E-state index contributed by atoms with van der Waals surface area (Å²) in [5, 5.41) is 19.9. The molecule has 3 aromatic carbocycles. The van der Waals surface area contributed by atoms with Gasteiger partial charge in [0.25, 0.3) is 0 Å². The van der Waals surface area contributed by atoms with Crippen molar-refractivity contribution >= 4 is 22.6 Å². The molecule has 0 fully saturated rings. The third-order valence-electron chi connectivity index (χ3n) is 4.34. The Morgan fingerprint density at radius 1 is 1.00 bits per heavy atom. The third kappa shape index (κ3) is 3.73. The van der Waals surface area contributed by atoms with E-state index in [1.807, 2.05) is 30.3 Å². The van der Waals surface area contributed by atoms with E-state index in [1.165, 1.54) is 48.7 Å². The Labute approximate surface area is 164 Å². The first kappa shape index (κ1) is 18.4. The number of rotatable bonds is 4. The number of esters is 1. The molecule has 0 spiro atoms. The number of ether oxygens (including phenoxy) is 1. The van der Waals surface area contributed by atoms with E-state index in [4.69, 9.17) is 14.4 Å². The van der Waals surface area contributed by atoms with Crippen LogP contribution in [0.1, 0.15) is 10.4 Å². The minimum atomic E-state index is -0.726. The fourth-order valence-electron chi connectivity index (χ4n) is 2.91. The highest BCUT2D eigenvalue weighted by atomic mass is 16.8. The van der Waals surface area contributed by atoms with Crippen molar-refractivity contribution in [2.24, 2.45) is 0 Å². The molecule has 4 rings (SSSR count). The highest BCUT2D eigenvalue weighted by Crippen LogP contribution is 2.24. The Balaban J connectivity index is 1.64. The van der Waals surface area contributed by atoms with E-state index in [2.05, 4.69) is 0 Å². The van der Waals surface area contributed by atoms with E-state index in [1.54, 1.807) is 0 Å². The molecule has 0 unspecified atom stereocenters. The summed E-state index contributed by atoms with van der Waals surface area (Å²) in [7, 11) is 0. The Morgan fingerprint density at radius 3 is 2.55 bits per heavy atom. The molecule has 0 radical (unpaired) electrons. The second-order valence-electron chi connectivity index (χ2n) is 6.22. The molecule has 1 aromatic heterocycles. The van der Waals surface area contributed by atoms with Crippen molar-refractivity contribution in [3.8, 4) is 16.9 Å². The van der Waals surface area contributed by atoms with Gasteiger partial charge in [0.2, 0.25) is 0 Å². The van der Waals surface area contributed by atoms with Crippen molar-refractivity contribution in [3.63, 3.8) is 0 Å². The average Bonchev–Trinajstić information content (AvgIpc) is 2.74. The van der Waals surface area contributed by atoms with Gasteiger partial charge in [0, 0.05) is 6.07 Å². The fourth-order valence-corrected chi connectivity index (χ4v) is 2.91. The Hall–Kier alpha value is -3.94. The molecule has 0 aliphatic carbocycles. The van der Waals surface area contributed by atoms with Gasteiger partial charge in [0.1, 0.15) is 17.6 Å². The van der Waals surface area contributed by atoms with Crippen molar-refractivity contribution in [2.45, 2.75) is 0 Å². The van der Waals surface area contributed by atoms with Crippen LogP contribution in [0.2, 0.25) is 0 Å². The molecule has 0 aliphatic heterocycles.